The van der Waals surface area contributed by atoms with E-state index in [9.17, 15) is 15.0 Å². The fraction of sp³-hybridized carbons (Fsp3) is 0.0556. The zero-order chi connectivity index (χ0) is 16.4. The van der Waals surface area contributed by atoms with Crippen LogP contribution in [0.15, 0.2) is 64.8 Å². The maximum absolute atomic E-state index is 11.3. The van der Waals surface area contributed by atoms with Crippen LogP contribution in [0, 0.1) is 6.92 Å². The lowest BCUT2D eigenvalue weighted by Gasteiger charge is -2.07. The fourth-order valence-corrected chi connectivity index (χ4v) is 2.37. The van der Waals surface area contributed by atoms with Crippen LogP contribution in [0.1, 0.15) is 15.9 Å². The van der Waals surface area contributed by atoms with E-state index in [1.165, 1.54) is 6.07 Å². The highest BCUT2D eigenvalue weighted by Gasteiger charge is 2.16. The van der Waals surface area contributed by atoms with E-state index in [2.05, 4.69) is 10.2 Å². The Hall–Kier alpha value is -3.21. The van der Waals surface area contributed by atoms with E-state index in [4.69, 9.17) is 0 Å². The van der Waals surface area contributed by atoms with Crippen molar-refractivity contribution in [1.82, 2.24) is 0 Å². The van der Waals surface area contributed by atoms with Gasteiger partial charge in [-0.3, -0.25) is 0 Å². The number of benzene rings is 3. The number of azo groups is 1. The number of nitrogens with zero attached hydrogens (tertiary/aromatic N) is 2. The van der Waals surface area contributed by atoms with Gasteiger partial charge in [-0.1, -0.05) is 42.5 Å². The first-order valence-corrected chi connectivity index (χ1v) is 7.03. The number of hydrogen-bond acceptors (Lipinski definition) is 4. The smallest absolute Gasteiger partial charge is 0.339 e. The molecule has 0 aromatic heterocycles. The molecule has 0 spiro atoms. The second kappa shape index (κ2) is 5.88. The Balaban J connectivity index is 2.19. The molecule has 0 aliphatic rings. The number of aromatic hydroxyl groups is 1. The van der Waals surface area contributed by atoms with Crippen molar-refractivity contribution in [3.05, 3.63) is 65.7 Å². The zero-order valence-electron chi connectivity index (χ0n) is 12.4. The largest absolute Gasteiger partial charge is 0.506 e. The van der Waals surface area contributed by atoms with Gasteiger partial charge in [0.1, 0.15) is 11.3 Å². The van der Waals surface area contributed by atoms with Crippen molar-refractivity contribution in [2.75, 3.05) is 0 Å². The molecule has 0 saturated heterocycles. The van der Waals surface area contributed by atoms with Gasteiger partial charge in [-0.2, -0.15) is 5.11 Å². The third kappa shape index (κ3) is 2.76. The SMILES string of the molecule is Cc1ccccc1N=Nc1cc(C(=O)O)c(O)c2ccccc12. The molecule has 3 aromatic carbocycles. The Kier molecular flexibility index (Phi) is 3.76. The van der Waals surface area contributed by atoms with Gasteiger partial charge in [0.05, 0.1) is 11.4 Å². The number of carbonyl (C=O) groups is 1. The molecule has 3 rings (SSSR count). The van der Waals surface area contributed by atoms with Crippen molar-refractivity contribution in [3.63, 3.8) is 0 Å². The van der Waals surface area contributed by atoms with Crippen LogP contribution >= 0.6 is 0 Å². The maximum Gasteiger partial charge on any atom is 0.339 e. The summed E-state index contributed by atoms with van der Waals surface area (Å²) in [6.07, 6.45) is 0. The Bertz CT molecular complexity index is 933. The zero-order valence-corrected chi connectivity index (χ0v) is 12.4. The molecule has 0 aliphatic heterocycles. The predicted molar refractivity (Wildman–Crippen MR) is 87.9 cm³/mol. The van der Waals surface area contributed by atoms with Crippen LogP contribution in [0.25, 0.3) is 10.8 Å². The third-order valence-electron chi connectivity index (χ3n) is 3.61. The average molecular weight is 306 g/mol. The average Bonchev–Trinajstić information content (AvgIpc) is 2.55. The molecule has 0 fully saturated rings. The van der Waals surface area contributed by atoms with Crippen LogP contribution in [0.5, 0.6) is 5.75 Å². The molecule has 0 unspecified atom stereocenters. The molecule has 0 heterocycles. The highest BCUT2D eigenvalue weighted by Crippen LogP contribution is 2.37. The van der Waals surface area contributed by atoms with E-state index in [1.54, 1.807) is 24.3 Å². The number of rotatable bonds is 3. The van der Waals surface area contributed by atoms with Gasteiger partial charge >= 0.3 is 5.97 Å². The van der Waals surface area contributed by atoms with Crippen LogP contribution in [-0.2, 0) is 0 Å². The van der Waals surface area contributed by atoms with E-state index in [0.29, 0.717) is 22.1 Å². The van der Waals surface area contributed by atoms with Crippen LogP contribution in [0.4, 0.5) is 11.4 Å². The molecule has 23 heavy (non-hydrogen) atoms. The molecule has 0 bridgehead atoms. The van der Waals surface area contributed by atoms with E-state index in [-0.39, 0.29) is 11.3 Å². The van der Waals surface area contributed by atoms with Gasteiger partial charge in [0.25, 0.3) is 0 Å². The van der Waals surface area contributed by atoms with Crippen LogP contribution in [-0.4, -0.2) is 16.2 Å². The molecular weight excluding hydrogens is 292 g/mol. The summed E-state index contributed by atoms with van der Waals surface area (Å²) in [4.78, 5) is 11.3. The number of aryl methyl sites for hydroxylation is 1. The van der Waals surface area contributed by atoms with E-state index in [0.717, 1.165) is 5.56 Å². The topological polar surface area (TPSA) is 82.2 Å². The molecule has 114 valence electrons. The van der Waals surface area contributed by atoms with Crippen molar-refractivity contribution in [2.45, 2.75) is 6.92 Å². The Morgan fingerprint density at radius 1 is 0.913 bits per heavy atom. The summed E-state index contributed by atoms with van der Waals surface area (Å²) >= 11 is 0. The molecule has 3 aromatic rings. The Morgan fingerprint density at radius 3 is 2.22 bits per heavy atom. The number of aromatic carboxylic acids is 1. The lowest BCUT2D eigenvalue weighted by Crippen LogP contribution is -1.97. The van der Waals surface area contributed by atoms with Gasteiger partial charge in [0.2, 0.25) is 0 Å². The quantitative estimate of drug-likeness (QED) is 0.670. The van der Waals surface area contributed by atoms with Gasteiger partial charge in [-0.25, -0.2) is 4.79 Å². The summed E-state index contributed by atoms with van der Waals surface area (Å²) < 4.78 is 0. The molecule has 5 nitrogen and oxygen atoms in total. The highest BCUT2D eigenvalue weighted by atomic mass is 16.4. The third-order valence-corrected chi connectivity index (χ3v) is 3.61. The monoisotopic (exact) mass is 306 g/mol. The Labute approximate surface area is 132 Å². The normalized spacial score (nSPS) is 11.2. The summed E-state index contributed by atoms with van der Waals surface area (Å²) in [7, 11) is 0. The number of carboxylic acids is 1. The van der Waals surface area contributed by atoms with E-state index >= 15 is 0 Å². The minimum Gasteiger partial charge on any atom is -0.506 e. The van der Waals surface area contributed by atoms with E-state index in [1.807, 2.05) is 31.2 Å². The molecule has 0 saturated carbocycles. The lowest BCUT2D eigenvalue weighted by atomic mass is 10.0. The molecule has 2 N–H and O–H groups in total. The predicted octanol–water partition coefficient (Wildman–Crippen LogP) is 4.97. The molecule has 0 radical (unpaired) electrons. The molecule has 0 aliphatic carbocycles. The Morgan fingerprint density at radius 2 is 1.52 bits per heavy atom. The van der Waals surface area contributed by atoms with E-state index < -0.39 is 5.97 Å². The summed E-state index contributed by atoms with van der Waals surface area (Å²) in [5, 5.41) is 28.9. The first kappa shape index (κ1) is 14.7. The van der Waals surface area contributed by atoms with Crippen molar-refractivity contribution < 1.29 is 15.0 Å². The minimum absolute atomic E-state index is 0.192. The first-order chi connectivity index (χ1) is 11.1. The second-order valence-corrected chi connectivity index (χ2v) is 5.13. The van der Waals surface area contributed by atoms with Gasteiger partial charge in [0.15, 0.2) is 0 Å². The standard InChI is InChI=1S/C18H14N2O3/c1-11-6-2-5-9-15(11)19-20-16-10-14(18(22)23)17(21)13-8-4-3-7-12(13)16/h2-10,21H,1H3,(H,22,23). The molecule has 0 atom stereocenters. The van der Waals surface area contributed by atoms with Gasteiger partial charge in [-0.15, -0.1) is 5.11 Å². The van der Waals surface area contributed by atoms with Crippen molar-refractivity contribution in [2.24, 2.45) is 10.2 Å². The molecule has 5 heteroatoms. The van der Waals surface area contributed by atoms with Crippen molar-refractivity contribution in [3.8, 4) is 5.75 Å². The number of fused-ring (bicyclic) bond motifs is 1. The number of phenols is 1. The van der Waals surface area contributed by atoms with Crippen molar-refractivity contribution in [1.29, 1.82) is 0 Å². The van der Waals surface area contributed by atoms with Gasteiger partial charge < -0.3 is 10.2 Å². The van der Waals surface area contributed by atoms with Crippen LogP contribution < -0.4 is 0 Å². The molecule has 0 amide bonds. The fourth-order valence-electron chi connectivity index (χ4n) is 2.37. The van der Waals surface area contributed by atoms with Crippen LogP contribution in [0.3, 0.4) is 0 Å². The van der Waals surface area contributed by atoms with Gasteiger partial charge in [0, 0.05) is 10.8 Å². The minimum atomic E-state index is -1.21. The lowest BCUT2D eigenvalue weighted by molar-refractivity contribution is 0.0694. The first-order valence-electron chi connectivity index (χ1n) is 7.03. The summed E-state index contributed by atoms with van der Waals surface area (Å²) in [6.45, 7) is 1.92. The second-order valence-electron chi connectivity index (χ2n) is 5.13. The van der Waals surface area contributed by atoms with Gasteiger partial charge in [-0.05, 0) is 24.6 Å². The molecular formula is C18H14N2O3. The van der Waals surface area contributed by atoms with Crippen molar-refractivity contribution >= 4 is 28.1 Å². The maximum atomic E-state index is 11.3. The summed E-state index contributed by atoms with van der Waals surface area (Å²) in [5.74, 6) is -1.47. The number of carboxylic acid groups (broad SMARTS) is 1. The van der Waals surface area contributed by atoms with Crippen LogP contribution in [0.2, 0.25) is 0 Å². The number of hydrogen-bond donors (Lipinski definition) is 2. The summed E-state index contributed by atoms with van der Waals surface area (Å²) in [5.41, 5.74) is 1.89. The highest BCUT2D eigenvalue weighted by molar-refractivity contribution is 6.05. The summed E-state index contributed by atoms with van der Waals surface area (Å²) in [6, 6.07) is 15.8.